The van der Waals surface area contributed by atoms with Gasteiger partial charge in [-0.15, -0.1) is 0 Å². The highest BCUT2D eigenvalue weighted by molar-refractivity contribution is 9.10. The van der Waals surface area contributed by atoms with E-state index in [1.807, 2.05) is 19.1 Å². The van der Waals surface area contributed by atoms with Gasteiger partial charge in [0.15, 0.2) is 0 Å². The molecule has 3 heteroatoms. The van der Waals surface area contributed by atoms with Crippen LogP contribution >= 0.6 is 15.9 Å². The Bertz CT molecular complexity index is 284. The molecule has 1 atom stereocenters. The fraction of sp³-hybridized carbons (Fsp3) is 0.538. The molecule has 1 N–H and O–H groups in total. The smallest absolute Gasteiger partial charge is 0.0469 e. The van der Waals surface area contributed by atoms with Crippen molar-refractivity contribution in [3.63, 3.8) is 0 Å². The lowest BCUT2D eigenvalue weighted by Crippen LogP contribution is -2.12. The number of ether oxygens (including phenoxy) is 1. The van der Waals surface area contributed by atoms with Crippen LogP contribution in [0.2, 0.25) is 0 Å². The summed E-state index contributed by atoms with van der Waals surface area (Å²) >= 11 is 3.41. The van der Waals surface area contributed by atoms with E-state index in [1.54, 1.807) is 0 Å². The minimum absolute atomic E-state index is 0.225. The van der Waals surface area contributed by atoms with E-state index in [4.69, 9.17) is 4.74 Å². The lowest BCUT2D eigenvalue weighted by molar-refractivity contribution is 0.115. The summed E-state index contributed by atoms with van der Waals surface area (Å²) in [6, 6.07) is 8.25. The van der Waals surface area contributed by atoms with Gasteiger partial charge in [0, 0.05) is 24.3 Å². The standard InChI is InChI=1S/C13H19BrO2/c1-2-16-8-7-12(10-15)9-11-3-5-13(14)6-4-11/h3-6,12,15H,2,7-10H2,1H3. The third kappa shape index (κ3) is 5.10. The molecule has 2 nitrogen and oxygen atoms in total. The maximum atomic E-state index is 9.28. The van der Waals surface area contributed by atoms with Crippen molar-refractivity contribution in [3.05, 3.63) is 34.3 Å². The van der Waals surface area contributed by atoms with E-state index in [-0.39, 0.29) is 6.61 Å². The average Bonchev–Trinajstić information content (AvgIpc) is 2.31. The monoisotopic (exact) mass is 286 g/mol. The van der Waals surface area contributed by atoms with Crippen molar-refractivity contribution in [2.45, 2.75) is 19.8 Å². The summed E-state index contributed by atoms with van der Waals surface area (Å²) in [4.78, 5) is 0. The van der Waals surface area contributed by atoms with Crippen molar-refractivity contribution in [1.82, 2.24) is 0 Å². The van der Waals surface area contributed by atoms with Gasteiger partial charge < -0.3 is 9.84 Å². The van der Waals surface area contributed by atoms with Gasteiger partial charge in [-0.05, 0) is 43.4 Å². The molecule has 0 heterocycles. The van der Waals surface area contributed by atoms with Crippen LogP contribution in [-0.4, -0.2) is 24.9 Å². The van der Waals surface area contributed by atoms with Gasteiger partial charge in [-0.25, -0.2) is 0 Å². The molecule has 1 aromatic carbocycles. The van der Waals surface area contributed by atoms with Crippen LogP contribution in [0, 0.1) is 5.92 Å². The predicted octanol–water partition coefficient (Wildman–Crippen LogP) is 3.03. The fourth-order valence-corrected chi connectivity index (χ4v) is 1.87. The largest absolute Gasteiger partial charge is 0.396 e. The van der Waals surface area contributed by atoms with Crippen LogP contribution in [0.15, 0.2) is 28.7 Å². The summed E-state index contributed by atoms with van der Waals surface area (Å²) in [5, 5.41) is 9.28. The average molecular weight is 287 g/mol. The van der Waals surface area contributed by atoms with E-state index < -0.39 is 0 Å². The molecular weight excluding hydrogens is 268 g/mol. The zero-order chi connectivity index (χ0) is 11.8. The van der Waals surface area contributed by atoms with E-state index in [2.05, 4.69) is 28.1 Å². The Labute approximate surface area is 106 Å². The topological polar surface area (TPSA) is 29.5 Å². The molecule has 16 heavy (non-hydrogen) atoms. The first-order valence-electron chi connectivity index (χ1n) is 5.69. The van der Waals surface area contributed by atoms with Gasteiger partial charge in [0.1, 0.15) is 0 Å². The first kappa shape index (κ1) is 13.7. The van der Waals surface area contributed by atoms with E-state index in [9.17, 15) is 5.11 Å². The third-order valence-corrected chi connectivity index (χ3v) is 3.10. The van der Waals surface area contributed by atoms with Crippen molar-refractivity contribution in [2.24, 2.45) is 5.92 Å². The minimum atomic E-state index is 0.225. The van der Waals surface area contributed by atoms with Gasteiger partial charge in [-0.1, -0.05) is 28.1 Å². The van der Waals surface area contributed by atoms with Crippen molar-refractivity contribution in [2.75, 3.05) is 19.8 Å². The molecular formula is C13H19BrO2. The number of rotatable bonds is 7. The Morgan fingerprint density at radius 1 is 1.31 bits per heavy atom. The molecule has 1 rings (SSSR count). The Morgan fingerprint density at radius 3 is 2.56 bits per heavy atom. The van der Waals surface area contributed by atoms with Gasteiger partial charge in [0.25, 0.3) is 0 Å². The zero-order valence-electron chi connectivity index (χ0n) is 9.66. The number of halogens is 1. The number of benzene rings is 1. The maximum absolute atomic E-state index is 9.28. The molecule has 0 aromatic heterocycles. The molecule has 0 spiro atoms. The highest BCUT2D eigenvalue weighted by Crippen LogP contribution is 2.15. The lowest BCUT2D eigenvalue weighted by atomic mass is 9.97. The van der Waals surface area contributed by atoms with Crippen LogP contribution in [0.4, 0.5) is 0 Å². The van der Waals surface area contributed by atoms with Crippen LogP contribution in [0.1, 0.15) is 18.9 Å². The van der Waals surface area contributed by atoms with Crippen LogP contribution in [0.3, 0.4) is 0 Å². The predicted molar refractivity (Wildman–Crippen MR) is 69.5 cm³/mol. The summed E-state index contributed by atoms with van der Waals surface area (Å²) in [5.74, 6) is 0.299. The Kier molecular flexibility index (Phi) is 6.69. The second-order valence-electron chi connectivity index (χ2n) is 3.86. The Morgan fingerprint density at radius 2 is 2.00 bits per heavy atom. The highest BCUT2D eigenvalue weighted by Gasteiger charge is 2.08. The lowest BCUT2D eigenvalue weighted by Gasteiger charge is -2.14. The van der Waals surface area contributed by atoms with Crippen LogP contribution in [-0.2, 0) is 11.2 Å². The molecule has 0 saturated heterocycles. The molecule has 0 bridgehead atoms. The number of hydrogen-bond acceptors (Lipinski definition) is 2. The number of hydrogen-bond donors (Lipinski definition) is 1. The quantitative estimate of drug-likeness (QED) is 0.781. The van der Waals surface area contributed by atoms with E-state index >= 15 is 0 Å². The Balaban J connectivity index is 2.40. The van der Waals surface area contributed by atoms with Crippen LogP contribution in [0.5, 0.6) is 0 Å². The summed E-state index contributed by atoms with van der Waals surface area (Å²) in [5.41, 5.74) is 1.26. The molecule has 1 unspecified atom stereocenters. The van der Waals surface area contributed by atoms with Crippen molar-refractivity contribution in [3.8, 4) is 0 Å². The number of aliphatic hydroxyl groups excluding tert-OH is 1. The van der Waals surface area contributed by atoms with Gasteiger partial charge in [0.2, 0.25) is 0 Å². The summed E-state index contributed by atoms with van der Waals surface area (Å²) in [7, 11) is 0. The van der Waals surface area contributed by atoms with Crippen molar-refractivity contribution < 1.29 is 9.84 Å². The molecule has 90 valence electrons. The third-order valence-electron chi connectivity index (χ3n) is 2.57. The normalized spacial score (nSPS) is 12.7. The highest BCUT2D eigenvalue weighted by atomic mass is 79.9. The van der Waals surface area contributed by atoms with Gasteiger partial charge in [-0.2, -0.15) is 0 Å². The maximum Gasteiger partial charge on any atom is 0.0469 e. The second-order valence-corrected chi connectivity index (χ2v) is 4.78. The molecule has 0 amide bonds. The van der Waals surface area contributed by atoms with E-state index in [0.29, 0.717) is 5.92 Å². The number of aliphatic hydroxyl groups is 1. The molecule has 0 fully saturated rings. The SMILES string of the molecule is CCOCCC(CO)Cc1ccc(Br)cc1. The molecule has 0 aliphatic carbocycles. The minimum Gasteiger partial charge on any atom is -0.396 e. The van der Waals surface area contributed by atoms with E-state index in [0.717, 1.165) is 30.5 Å². The van der Waals surface area contributed by atoms with Crippen molar-refractivity contribution in [1.29, 1.82) is 0 Å². The van der Waals surface area contributed by atoms with Crippen molar-refractivity contribution >= 4 is 15.9 Å². The first-order valence-corrected chi connectivity index (χ1v) is 6.48. The first-order chi connectivity index (χ1) is 7.76. The molecule has 0 aliphatic rings. The molecule has 0 saturated carbocycles. The Hall–Kier alpha value is -0.380. The molecule has 0 aliphatic heterocycles. The van der Waals surface area contributed by atoms with Crippen LogP contribution < -0.4 is 0 Å². The van der Waals surface area contributed by atoms with E-state index in [1.165, 1.54) is 5.56 Å². The molecule has 0 radical (unpaired) electrons. The van der Waals surface area contributed by atoms with Crippen LogP contribution in [0.25, 0.3) is 0 Å². The summed E-state index contributed by atoms with van der Waals surface area (Å²) in [6.07, 6.45) is 1.83. The summed E-state index contributed by atoms with van der Waals surface area (Å²) < 4.78 is 6.39. The second kappa shape index (κ2) is 7.82. The zero-order valence-corrected chi connectivity index (χ0v) is 11.2. The molecule has 1 aromatic rings. The fourth-order valence-electron chi connectivity index (χ4n) is 1.61. The van der Waals surface area contributed by atoms with Gasteiger partial charge in [0.05, 0.1) is 0 Å². The summed E-state index contributed by atoms with van der Waals surface area (Å²) in [6.45, 7) is 3.69. The van der Waals surface area contributed by atoms with Gasteiger partial charge >= 0.3 is 0 Å². The van der Waals surface area contributed by atoms with Gasteiger partial charge in [-0.3, -0.25) is 0 Å².